The summed E-state index contributed by atoms with van der Waals surface area (Å²) in [4.78, 5) is 0. The van der Waals surface area contributed by atoms with Crippen LogP contribution in [0.1, 0.15) is 37.8 Å². The molecule has 1 aromatic rings. The van der Waals surface area contributed by atoms with Gasteiger partial charge in [0.05, 0.1) is 18.0 Å². The summed E-state index contributed by atoms with van der Waals surface area (Å²) >= 11 is 0. The molecule has 23 heavy (non-hydrogen) atoms. The fourth-order valence-corrected chi connectivity index (χ4v) is 3.20. The van der Waals surface area contributed by atoms with Gasteiger partial charge in [-0.05, 0) is 52.3 Å². The van der Waals surface area contributed by atoms with Crippen LogP contribution in [0.3, 0.4) is 0 Å². The van der Waals surface area contributed by atoms with E-state index in [2.05, 4.69) is 40.7 Å². The number of rotatable bonds is 4. The molecule has 1 saturated heterocycles. The lowest BCUT2D eigenvalue weighted by Crippen LogP contribution is -2.43. The number of aryl methyl sites for hydroxylation is 1. The fraction of sp³-hybridized carbons (Fsp3) is 0.647. The molecule has 0 saturated carbocycles. The van der Waals surface area contributed by atoms with Crippen molar-refractivity contribution >= 4 is 10.1 Å². The van der Waals surface area contributed by atoms with Crippen LogP contribution in [0, 0.1) is 6.92 Å². The van der Waals surface area contributed by atoms with Crippen LogP contribution in [-0.2, 0) is 20.7 Å². The zero-order valence-electron chi connectivity index (χ0n) is 14.5. The molecule has 0 spiro atoms. The molecule has 0 aliphatic carbocycles. The SMILES string of the molecule is CC(C)OS(C)(=O)=O.Cc1ccc(CC2(O)CCNCC2)cc1. The van der Waals surface area contributed by atoms with Gasteiger partial charge in [0.1, 0.15) is 0 Å². The Labute approximate surface area is 140 Å². The number of piperidine rings is 1. The largest absolute Gasteiger partial charge is 0.389 e. The van der Waals surface area contributed by atoms with Crippen molar-refractivity contribution in [3.8, 4) is 0 Å². The third-order valence-corrected chi connectivity index (χ3v) is 4.29. The van der Waals surface area contributed by atoms with Crippen LogP contribution < -0.4 is 5.32 Å². The summed E-state index contributed by atoms with van der Waals surface area (Å²) in [7, 11) is -3.22. The first-order valence-corrected chi connectivity index (χ1v) is 9.78. The van der Waals surface area contributed by atoms with Gasteiger partial charge < -0.3 is 10.4 Å². The second-order valence-corrected chi connectivity index (χ2v) is 8.09. The van der Waals surface area contributed by atoms with E-state index in [0.717, 1.165) is 38.6 Å². The van der Waals surface area contributed by atoms with Crippen molar-refractivity contribution in [2.24, 2.45) is 0 Å². The highest BCUT2D eigenvalue weighted by Crippen LogP contribution is 2.23. The van der Waals surface area contributed by atoms with Crippen molar-refractivity contribution < 1.29 is 17.7 Å². The smallest absolute Gasteiger partial charge is 0.264 e. The minimum atomic E-state index is -3.22. The van der Waals surface area contributed by atoms with Gasteiger partial charge in [0.15, 0.2) is 0 Å². The van der Waals surface area contributed by atoms with Crippen LogP contribution in [0.5, 0.6) is 0 Å². The van der Waals surface area contributed by atoms with Crippen molar-refractivity contribution in [3.05, 3.63) is 35.4 Å². The topological polar surface area (TPSA) is 75.6 Å². The number of aliphatic hydroxyl groups is 1. The van der Waals surface area contributed by atoms with Gasteiger partial charge >= 0.3 is 0 Å². The summed E-state index contributed by atoms with van der Waals surface area (Å²) in [6.45, 7) is 7.29. The average Bonchev–Trinajstić information content (AvgIpc) is 2.40. The van der Waals surface area contributed by atoms with Gasteiger partial charge in [0.2, 0.25) is 0 Å². The highest BCUT2D eigenvalue weighted by molar-refractivity contribution is 7.86. The molecule has 0 atom stereocenters. The number of benzene rings is 1. The van der Waals surface area contributed by atoms with E-state index in [9.17, 15) is 13.5 Å². The lowest BCUT2D eigenvalue weighted by molar-refractivity contribution is 0.0109. The highest BCUT2D eigenvalue weighted by atomic mass is 32.2. The molecule has 1 aliphatic heterocycles. The van der Waals surface area contributed by atoms with E-state index >= 15 is 0 Å². The Balaban J connectivity index is 0.000000284. The molecule has 0 amide bonds. The van der Waals surface area contributed by atoms with E-state index in [-0.39, 0.29) is 6.10 Å². The summed E-state index contributed by atoms with van der Waals surface area (Å²) in [6.07, 6.45) is 3.30. The summed E-state index contributed by atoms with van der Waals surface area (Å²) in [6, 6.07) is 8.46. The minimum absolute atomic E-state index is 0.245. The predicted octanol–water partition coefficient (Wildman–Crippen LogP) is 2.02. The van der Waals surface area contributed by atoms with Gasteiger partial charge in [-0.15, -0.1) is 0 Å². The Hall–Kier alpha value is -0.950. The van der Waals surface area contributed by atoms with E-state index in [1.165, 1.54) is 11.1 Å². The molecule has 1 aromatic carbocycles. The zero-order chi connectivity index (χ0) is 17.5. The first kappa shape index (κ1) is 20.1. The number of hydrogen-bond donors (Lipinski definition) is 2. The van der Waals surface area contributed by atoms with Crippen LogP contribution in [0.15, 0.2) is 24.3 Å². The standard InChI is InChI=1S/C13H19NO.C4H10O3S/c1-11-2-4-12(5-3-11)10-13(15)6-8-14-9-7-13;1-4(2)7-8(3,5)6/h2-5,14-15H,6-10H2,1H3;4H,1-3H3. The molecule has 2 rings (SSSR count). The molecular formula is C17H29NO4S. The first-order chi connectivity index (χ1) is 10.6. The van der Waals surface area contributed by atoms with Crippen molar-refractivity contribution in [1.82, 2.24) is 5.32 Å². The van der Waals surface area contributed by atoms with E-state index in [1.54, 1.807) is 13.8 Å². The summed E-state index contributed by atoms with van der Waals surface area (Å²) in [5, 5.41) is 13.6. The van der Waals surface area contributed by atoms with Crippen molar-refractivity contribution in [2.45, 2.75) is 51.7 Å². The lowest BCUT2D eigenvalue weighted by Gasteiger charge is -2.32. The molecule has 2 N–H and O–H groups in total. The molecule has 0 unspecified atom stereocenters. The van der Waals surface area contributed by atoms with Crippen LogP contribution in [0.2, 0.25) is 0 Å². The molecule has 1 fully saturated rings. The molecule has 132 valence electrons. The predicted molar refractivity (Wildman–Crippen MR) is 93.0 cm³/mol. The van der Waals surface area contributed by atoms with E-state index < -0.39 is 15.7 Å². The van der Waals surface area contributed by atoms with Gasteiger partial charge in [-0.2, -0.15) is 8.42 Å². The molecule has 1 aliphatic rings. The Bertz CT molecular complexity index is 561. The van der Waals surface area contributed by atoms with Gasteiger partial charge in [0, 0.05) is 6.42 Å². The molecule has 0 radical (unpaired) electrons. The second-order valence-electron chi connectivity index (χ2n) is 6.49. The number of hydrogen-bond acceptors (Lipinski definition) is 5. The third-order valence-electron chi connectivity index (χ3n) is 3.56. The van der Waals surface area contributed by atoms with Gasteiger partial charge in [-0.25, -0.2) is 0 Å². The molecule has 6 heteroatoms. The average molecular weight is 343 g/mol. The van der Waals surface area contributed by atoms with Gasteiger partial charge in [-0.1, -0.05) is 29.8 Å². The van der Waals surface area contributed by atoms with Gasteiger partial charge in [0.25, 0.3) is 10.1 Å². The molecule has 5 nitrogen and oxygen atoms in total. The van der Waals surface area contributed by atoms with Crippen LogP contribution in [0.4, 0.5) is 0 Å². The third kappa shape index (κ3) is 9.05. The van der Waals surface area contributed by atoms with Crippen LogP contribution in [-0.4, -0.2) is 44.6 Å². The summed E-state index contributed by atoms with van der Waals surface area (Å²) in [5.41, 5.74) is 2.03. The quantitative estimate of drug-likeness (QED) is 0.818. The molecular weight excluding hydrogens is 314 g/mol. The summed E-state index contributed by atoms with van der Waals surface area (Å²) < 4.78 is 24.8. The fourth-order valence-electron chi connectivity index (χ4n) is 2.50. The zero-order valence-corrected chi connectivity index (χ0v) is 15.3. The Kier molecular flexibility index (Phi) is 7.67. The Morgan fingerprint density at radius 2 is 1.74 bits per heavy atom. The van der Waals surface area contributed by atoms with E-state index in [1.807, 2.05) is 0 Å². The number of nitrogens with one attached hydrogen (secondary N) is 1. The maximum atomic E-state index is 10.4. The monoisotopic (exact) mass is 343 g/mol. The maximum Gasteiger partial charge on any atom is 0.264 e. The van der Waals surface area contributed by atoms with E-state index in [0.29, 0.717) is 0 Å². The highest BCUT2D eigenvalue weighted by Gasteiger charge is 2.28. The minimum Gasteiger partial charge on any atom is -0.389 e. The Morgan fingerprint density at radius 3 is 2.13 bits per heavy atom. The van der Waals surface area contributed by atoms with Crippen LogP contribution >= 0.6 is 0 Å². The normalized spacial score (nSPS) is 17.5. The maximum absolute atomic E-state index is 10.4. The first-order valence-electron chi connectivity index (χ1n) is 7.96. The van der Waals surface area contributed by atoms with Crippen molar-refractivity contribution in [3.63, 3.8) is 0 Å². The van der Waals surface area contributed by atoms with E-state index in [4.69, 9.17) is 0 Å². The van der Waals surface area contributed by atoms with Crippen LogP contribution in [0.25, 0.3) is 0 Å². The molecule has 1 heterocycles. The Morgan fingerprint density at radius 1 is 1.22 bits per heavy atom. The van der Waals surface area contributed by atoms with Crippen molar-refractivity contribution in [1.29, 1.82) is 0 Å². The molecule has 0 aromatic heterocycles. The van der Waals surface area contributed by atoms with Gasteiger partial charge in [-0.3, -0.25) is 4.18 Å². The summed E-state index contributed by atoms with van der Waals surface area (Å²) in [5.74, 6) is 0. The second kappa shape index (κ2) is 8.78. The lowest BCUT2D eigenvalue weighted by atomic mass is 9.86. The molecule has 0 bridgehead atoms. The van der Waals surface area contributed by atoms with Crippen molar-refractivity contribution in [2.75, 3.05) is 19.3 Å².